The smallest absolute Gasteiger partial charge is 0.276 e. The summed E-state index contributed by atoms with van der Waals surface area (Å²) in [6.45, 7) is 1.14. The van der Waals surface area contributed by atoms with Crippen LogP contribution in [-0.2, 0) is 0 Å². The van der Waals surface area contributed by atoms with Crippen molar-refractivity contribution in [2.24, 2.45) is 0 Å². The molecule has 2 aliphatic rings. The second-order valence-electron chi connectivity index (χ2n) is 7.78. The fraction of sp³-hybridized carbons (Fsp3) is 0.364. The first-order valence-electron chi connectivity index (χ1n) is 10.1. The molecule has 0 N–H and O–H groups in total. The van der Waals surface area contributed by atoms with Crippen molar-refractivity contribution in [1.82, 2.24) is 19.8 Å². The monoisotopic (exact) mass is 390 g/mol. The van der Waals surface area contributed by atoms with Crippen LogP contribution in [0, 0.1) is 0 Å². The number of nitrogens with zero attached hydrogens (tertiary/aromatic N) is 4. The van der Waals surface area contributed by atoms with Gasteiger partial charge in [0.05, 0.1) is 11.7 Å². The van der Waals surface area contributed by atoms with Crippen LogP contribution in [0.1, 0.15) is 53.8 Å². The van der Waals surface area contributed by atoms with E-state index in [1.165, 1.54) is 0 Å². The fourth-order valence-corrected chi connectivity index (χ4v) is 3.89. The summed E-state index contributed by atoms with van der Waals surface area (Å²) in [4.78, 5) is 26.9. The molecule has 0 unspecified atom stereocenters. The molecule has 1 saturated heterocycles. The SMILES string of the molecule is O=C(c1cc(-c2ccccc2)on1)N1CCC(n2nc(C3CC3)ccc2=O)CC1. The van der Waals surface area contributed by atoms with Crippen LogP contribution < -0.4 is 5.56 Å². The molecule has 2 fully saturated rings. The van der Waals surface area contributed by atoms with E-state index < -0.39 is 0 Å². The Balaban J connectivity index is 1.26. The standard InChI is InChI=1S/C22H22N4O3/c27-21-9-8-18(15-6-7-15)23-26(21)17-10-12-25(13-11-17)22(28)19-14-20(29-24-19)16-4-2-1-3-5-16/h1-5,8-9,14-15,17H,6-7,10-13H2. The van der Waals surface area contributed by atoms with Gasteiger partial charge < -0.3 is 9.42 Å². The maximum absolute atomic E-state index is 12.8. The van der Waals surface area contributed by atoms with Crippen LogP contribution in [0.2, 0.25) is 0 Å². The number of hydrogen-bond donors (Lipinski definition) is 0. The van der Waals surface area contributed by atoms with E-state index in [0.717, 1.165) is 24.1 Å². The number of hydrogen-bond acceptors (Lipinski definition) is 5. The second-order valence-corrected chi connectivity index (χ2v) is 7.78. The van der Waals surface area contributed by atoms with Crippen LogP contribution in [0.5, 0.6) is 0 Å². The lowest BCUT2D eigenvalue weighted by Gasteiger charge is -2.31. The summed E-state index contributed by atoms with van der Waals surface area (Å²) in [5.74, 6) is 0.951. The molecule has 7 nitrogen and oxygen atoms in total. The Bertz CT molecular complexity index is 1080. The average Bonchev–Trinajstić information content (AvgIpc) is 3.50. The van der Waals surface area contributed by atoms with Crippen LogP contribution in [0.15, 0.2) is 57.8 Å². The molecule has 7 heteroatoms. The first-order valence-corrected chi connectivity index (χ1v) is 10.1. The van der Waals surface area contributed by atoms with Crippen molar-refractivity contribution in [3.05, 3.63) is 70.3 Å². The van der Waals surface area contributed by atoms with Gasteiger partial charge in [0.25, 0.3) is 11.5 Å². The van der Waals surface area contributed by atoms with E-state index in [-0.39, 0.29) is 17.5 Å². The normalized spacial score (nSPS) is 17.4. The Morgan fingerprint density at radius 1 is 1.00 bits per heavy atom. The van der Waals surface area contributed by atoms with Gasteiger partial charge in [-0.2, -0.15) is 5.10 Å². The molecule has 29 heavy (non-hydrogen) atoms. The number of piperidine rings is 1. The minimum absolute atomic E-state index is 0.0300. The second kappa shape index (κ2) is 7.31. The maximum atomic E-state index is 12.8. The first kappa shape index (κ1) is 17.8. The van der Waals surface area contributed by atoms with Crippen molar-refractivity contribution in [2.45, 2.75) is 37.6 Å². The summed E-state index contributed by atoms with van der Waals surface area (Å²) in [5, 5.41) is 8.56. The number of aromatic nitrogens is 3. The molecule has 1 aliphatic heterocycles. The van der Waals surface area contributed by atoms with Gasteiger partial charge in [-0.1, -0.05) is 35.5 Å². The fourth-order valence-electron chi connectivity index (χ4n) is 3.89. The molecular formula is C22H22N4O3. The van der Waals surface area contributed by atoms with Gasteiger partial charge in [-0.05, 0) is 31.7 Å². The average molecular weight is 390 g/mol. The summed E-state index contributed by atoms with van der Waals surface area (Å²) in [7, 11) is 0. The van der Waals surface area contributed by atoms with Crippen LogP contribution in [0.3, 0.4) is 0 Å². The molecule has 1 aromatic carbocycles. The molecule has 0 bridgehead atoms. The minimum atomic E-state index is -0.138. The third-order valence-corrected chi connectivity index (χ3v) is 5.73. The summed E-state index contributed by atoms with van der Waals surface area (Å²) in [6, 6.07) is 14.8. The van der Waals surface area contributed by atoms with Gasteiger partial charge in [0, 0.05) is 36.7 Å². The minimum Gasteiger partial charge on any atom is -0.355 e. The van der Waals surface area contributed by atoms with E-state index in [4.69, 9.17) is 4.52 Å². The highest BCUT2D eigenvalue weighted by molar-refractivity contribution is 5.93. The van der Waals surface area contributed by atoms with Gasteiger partial charge in [0.2, 0.25) is 0 Å². The van der Waals surface area contributed by atoms with E-state index >= 15 is 0 Å². The maximum Gasteiger partial charge on any atom is 0.276 e. The molecule has 148 valence electrons. The lowest BCUT2D eigenvalue weighted by molar-refractivity contribution is 0.0677. The van der Waals surface area contributed by atoms with Crippen molar-refractivity contribution in [3.63, 3.8) is 0 Å². The first-order chi connectivity index (χ1) is 14.2. The molecule has 1 aliphatic carbocycles. The Labute approximate surface area is 167 Å². The third kappa shape index (κ3) is 3.60. The highest BCUT2D eigenvalue weighted by atomic mass is 16.5. The van der Waals surface area contributed by atoms with E-state index in [1.807, 2.05) is 36.4 Å². The van der Waals surface area contributed by atoms with E-state index in [9.17, 15) is 9.59 Å². The largest absolute Gasteiger partial charge is 0.355 e. The molecule has 0 radical (unpaired) electrons. The molecule has 0 atom stereocenters. The molecule has 3 heterocycles. The third-order valence-electron chi connectivity index (χ3n) is 5.73. The van der Waals surface area contributed by atoms with Crippen molar-refractivity contribution in [2.75, 3.05) is 13.1 Å². The van der Waals surface area contributed by atoms with E-state index in [0.29, 0.717) is 43.3 Å². The zero-order chi connectivity index (χ0) is 19.8. The lowest BCUT2D eigenvalue weighted by Crippen LogP contribution is -2.41. The van der Waals surface area contributed by atoms with Gasteiger partial charge in [-0.25, -0.2) is 4.68 Å². The van der Waals surface area contributed by atoms with Gasteiger partial charge in [-0.15, -0.1) is 0 Å². The van der Waals surface area contributed by atoms with Crippen LogP contribution in [-0.4, -0.2) is 38.8 Å². The van der Waals surface area contributed by atoms with Crippen molar-refractivity contribution >= 4 is 5.91 Å². The van der Waals surface area contributed by atoms with Crippen molar-refractivity contribution < 1.29 is 9.32 Å². The number of carbonyl (C=O) groups excluding carboxylic acids is 1. The van der Waals surface area contributed by atoms with Gasteiger partial charge in [-0.3, -0.25) is 9.59 Å². The molecule has 2 aromatic heterocycles. The lowest BCUT2D eigenvalue weighted by atomic mass is 10.0. The highest BCUT2D eigenvalue weighted by Gasteiger charge is 2.29. The van der Waals surface area contributed by atoms with Crippen molar-refractivity contribution in [3.8, 4) is 11.3 Å². The summed E-state index contributed by atoms with van der Waals surface area (Å²) >= 11 is 0. The summed E-state index contributed by atoms with van der Waals surface area (Å²) in [5.41, 5.74) is 2.15. The number of rotatable bonds is 4. The summed E-state index contributed by atoms with van der Waals surface area (Å²) in [6.07, 6.45) is 3.72. The quantitative estimate of drug-likeness (QED) is 0.683. The number of likely N-dealkylation sites (tertiary alicyclic amines) is 1. The zero-order valence-corrected chi connectivity index (χ0v) is 16.0. The number of carbonyl (C=O) groups is 1. The van der Waals surface area contributed by atoms with E-state index in [1.54, 1.807) is 21.7 Å². The van der Waals surface area contributed by atoms with Crippen LogP contribution in [0.25, 0.3) is 11.3 Å². The van der Waals surface area contributed by atoms with Gasteiger partial charge in [0.15, 0.2) is 11.5 Å². The molecule has 3 aromatic rings. The van der Waals surface area contributed by atoms with Crippen LogP contribution >= 0.6 is 0 Å². The predicted octanol–water partition coefficient (Wildman–Crippen LogP) is 3.25. The van der Waals surface area contributed by atoms with Crippen LogP contribution in [0.4, 0.5) is 0 Å². The highest BCUT2D eigenvalue weighted by Crippen LogP contribution is 2.38. The number of benzene rings is 1. The molecule has 0 spiro atoms. The van der Waals surface area contributed by atoms with E-state index in [2.05, 4.69) is 10.3 Å². The molecule has 5 rings (SSSR count). The Morgan fingerprint density at radius 2 is 1.76 bits per heavy atom. The van der Waals surface area contributed by atoms with Gasteiger partial charge in [0.1, 0.15) is 0 Å². The van der Waals surface area contributed by atoms with Crippen molar-refractivity contribution in [1.29, 1.82) is 0 Å². The Morgan fingerprint density at radius 3 is 2.48 bits per heavy atom. The Hall–Kier alpha value is -3.22. The zero-order valence-electron chi connectivity index (χ0n) is 16.0. The van der Waals surface area contributed by atoms with Gasteiger partial charge >= 0.3 is 0 Å². The Kier molecular flexibility index (Phi) is 4.50. The molecule has 1 amide bonds. The molecular weight excluding hydrogens is 368 g/mol. The topological polar surface area (TPSA) is 81.2 Å². The predicted molar refractivity (Wildman–Crippen MR) is 107 cm³/mol. The summed E-state index contributed by atoms with van der Waals surface area (Å²) < 4.78 is 6.98. The number of amides is 1. The molecule has 1 saturated carbocycles.